The van der Waals surface area contributed by atoms with E-state index in [1.165, 1.54) is 12.1 Å². The fourth-order valence-corrected chi connectivity index (χ4v) is 3.59. The number of hydrogen-bond donors (Lipinski definition) is 0. The van der Waals surface area contributed by atoms with E-state index < -0.39 is 15.9 Å². The molecule has 2 rings (SSSR count). The first kappa shape index (κ1) is 21.5. The van der Waals surface area contributed by atoms with E-state index >= 15 is 0 Å². The molecule has 2 atom stereocenters. The molecular weight excluding hydrogens is 409 g/mol. The van der Waals surface area contributed by atoms with E-state index in [-0.39, 0.29) is 16.8 Å². The van der Waals surface area contributed by atoms with Gasteiger partial charge in [-0.2, -0.15) is 0 Å². The number of sulfone groups is 1. The van der Waals surface area contributed by atoms with Crippen molar-refractivity contribution in [3.8, 4) is 5.75 Å². The normalized spacial score (nSPS) is 13.7. The summed E-state index contributed by atoms with van der Waals surface area (Å²) in [4.78, 5) is 14.5. The van der Waals surface area contributed by atoms with Gasteiger partial charge < -0.3 is 9.64 Å². The van der Waals surface area contributed by atoms with E-state index in [4.69, 9.17) is 27.9 Å². The van der Waals surface area contributed by atoms with Crippen LogP contribution in [0.25, 0.3) is 0 Å². The van der Waals surface area contributed by atoms with Crippen molar-refractivity contribution in [1.82, 2.24) is 4.90 Å². The summed E-state index contributed by atoms with van der Waals surface area (Å²) in [6, 6.07) is 11.0. The quantitative estimate of drug-likeness (QED) is 0.682. The molecule has 0 bridgehead atoms. The van der Waals surface area contributed by atoms with Crippen LogP contribution in [-0.2, 0) is 14.6 Å². The van der Waals surface area contributed by atoms with Gasteiger partial charge in [0.1, 0.15) is 5.75 Å². The summed E-state index contributed by atoms with van der Waals surface area (Å²) in [6.07, 6.45) is 0.397. The zero-order chi connectivity index (χ0) is 20.4. The molecule has 0 spiro atoms. The highest BCUT2D eigenvalue weighted by molar-refractivity contribution is 7.90. The number of ether oxygens (including phenoxy) is 1. The summed E-state index contributed by atoms with van der Waals surface area (Å²) in [5, 5.41) is 0.809. The van der Waals surface area contributed by atoms with Gasteiger partial charge >= 0.3 is 0 Å². The molecule has 0 aliphatic carbocycles. The standard InChI is InChI=1S/C19H21Cl2NO4S/c1-12(14-5-8-16(9-6-14)27(4,24)25)22(3)19(23)13(2)26-18-10-7-15(20)11-17(18)21/h5-13H,1-4H3/t12-,13+/m1/s1. The van der Waals surface area contributed by atoms with Crippen molar-refractivity contribution >= 4 is 38.9 Å². The fraction of sp³-hybridized carbons (Fsp3) is 0.316. The predicted molar refractivity (Wildman–Crippen MR) is 107 cm³/mol. The number of amides is 1. The largest absolute Gasteiger partial charge is 0.479 e. The van der Waals surface area contributed by atoms with E-state index in [1.54, 1.807) is 49.2 Å². The van der Waals surface area contributed by atoms with Crippen LogP contribution in [0.5, 0.6) is 5.75 Å². The number of nitrogens with zero attached hydrogens (tertiary/aromatic N) is 1. The number of likely N-dealkylation sites (N-methyl/N-ethyl adjacent to an activating group) is 1. The third-order valence-electron chi connectivity index (χ3n) is 4.26. The zero-order valence-corrected chi connectivity index (χ0v) is 17.8. The second kappa shape index (κ2) is 8.50. The zero-order valence-electron chi connectivity index (χ0n) is 15.4. The molecule has 0 N–H and O–H groups in total. The Bertz CT molecular complexity index is 929. The molecular formula is C19H21Cl2NO4S. The van der Waals surface area contributed by atoms with Crippen molar-refractivity contribution in [2.24, 2.45) is 0 Å². The lowest BCUT2D eigenvalue weighted by molar-refractivity contribution is -0.138. The van der Waals surface area contributed by atoms with Crippen LogP contribution in [0, 0.1) is 0 Å². The first-order chi connectivity index (χ1) is 12.5. The minimum atomic E-state index is -3.26. The second-order valence-corrected chi connectivity index (χ2v) is 9.16. The molecule has 0 fully saturated rings. The number of rotatable bonds is 6. The van der Waals surface area contributed by atoms with Crippen LogP contribution >= 0.6 is 23.2 Å². The molecule has 0 aliphatic rings. The average Bonchev–Trinajstić information content (AvgIpc) is 2.61. The molecule has 2 aromatic carbocycles. The van der Waals surface area contributed by atoms with Gasteiger partial charge in [-0.15, -0.1) is 0 Å². The van der Waals surface area contributed by atoms with Gasteiger partial charge in [0.25, 0.3) is 5.91 Å². The summed E-state index contributed by atoms with van der Waals surface area (Å²) >= 11 is 11.9. The molecule has 146 valence electrons. The highest BCUT2D eigenvalue weighted by Crippen LogP contribution is 2.29. The molecule has 0 unspecified atom stereocenters. The summed E-state index contributed by atoms with van der Waals surface area (Å²) in [5.74, 6) is 0.140. The molecule has 0 radical (unpaired) electrons. The lowest BCUT2D eigenvalue weighted by atomic mass is 10.1. The number of benzene rings is 2. The third-order valence-corrected chi connectivity index (χ3v) is 5.92. The topological polar surface area (TPSA) is 63.7 Å². The van der Waals surface area contributed by atoms with E-state index in [0.29, 0.717) is 15.8 Å². The highest BCUT2D eigenvalue weighted by Gasteiger charge is 2.24. The van der Waals surface area contributed by atoms with E-state index in [2.05, 4.69) is 0 Å². The summed E-state index contributed by atoms with van der Waals surface area (Å²) in [7, 11) is -1.59. The van der Waals surface area contributed by atoms with Gasteiger partial charge in [-0.1, -0.05) is 35.3 Å². The first-order valence-corrected chi connectivity index (χ1v) is 10.8. The number of halogens is 2. The van der Waals surface area contributed by atoms with Crippen molar-refractivity contribution in [3.05, 3.63) is 58.1 Å². The van der Waals surface area contributed by atoms with Crippen LogP contribution in [0.1, 0.15) is 25.5 Å². The number of hydrogen-bond acceptors (Lipinski definition) is 4. The molecule has 0 saturated heterocycles. The van der Waals surface area contributed by atoms with Gasteiger partial charge in [-0.3, -0.25) is 4.79 Å². The van der Waals surface area contributed by atoms with Crippen LogP contribution in [0.4, 0.5) is 0 Å². The van der Waals surface area contributed by atoms with Gasteiger partial charge in [0.2, 0.25) is 0 Å². The van der Waals surface area contributed by atoms with E-state index in [0.717, 1.165) is 11.8 Å². The molecule has 0 heterocycles. The Hall–Kier alpha value is -1.76. The van der Waals surface area contributed by atoms with Crippen LogP contribution in [0.15, 0.2) is 47.4 Å². The fourth-order valence-electron chi connectivity index (χ4n) is 2.51. The summed E-state index contributed by atoms with van der Waals surface area (Å²) in [5.41, 5.74) is 0.815. The maximum Gasteiger partial charge on any atom is 0.263 e. The third kappa shape index (κ3) is 5.37. The Morgan fingerprint density at radius 1 is 1.07 bits per heavy atom. The van der Waals surface area contributed by atoms with Crippen molar-refractivity contribution in [3.63, 3.8) is 0 Å². The molecule has 8 heteroatoms. The number of carbonyl (C=O) groups is 1. The monoisotopic (exact) mass is 429 g/mol. The van der Waals surface area contributed by atoms with Crippen LogP contribution in [0.2, 0.25) is 10.0 Å². The van der Waals surface area contributed by atoms with E-state index in [9.17, 15) is 13.2 Å². The molecule has 0 aliphatic heterocycles. The minimum Gasteiger partial charge on any atom is -0.479 e. The van der Waals surface area contributed by atoms with Crippen molar-refractivity contribution < 1.29 is 17.9 Å². The first-order valence-electron chi connectivity index (χ1n) is 8.19. The van der Waals surface area contributed by atoms with Gasteiger partial charge in [0.15, 0.2) is 15.9 Å². The lowest BCUT2D eigenvalue weighted by Gasteiger charge is -2.28. The van der Waals surface area contributed by atoms with Gasteiger partial charge in [-0.25, -0.2) is 8.42 Å². The Labute approximate surface area is 169 Å². The SMILES string of the molecule is C[C@H](Oc1ccc(Cl)cc1Cl)C(=O)N(C)[C@H](C)c1ccc(S(C)(=O)=O)cc1. The molecule has 2 aromatic rings. The van der Waals surface area contributed by atoms with Crippen LogP contribution in [-0.4, -0.2) is 38.6 Å². The molecule has 27 heavy (non-hydrogen) atoms. The number of carbonyl (C=O) groups excluding carboxylic acids is 1. The van der Waals surface area contributed by atoms with Crippen molar-refractivity contribution in [2.45, 2.75) is 30.9 Å². The second-order valence-electron chi connectivity index (χ2n) is 6.30. The van der Waals surface area contributed by atoms with Crippen molar-refractivity contribution in [1.29, 1.82) is 0 Å². The summed E-state index contributed by atoms with van der Waals surface area (Å²) < 4.78 is 28.8. The van der Waals surface area contributed by atoms with Gasteiger partial charge in [0.05, 0.1) is 16.0 Å². The molecule has 1 amide bonds. The van der Waals surface area contributed by atoms with Gasteiger partial charge in [0, 0.05) is 18.3 Å². The average molecular weight is 430 g/mol. The lowest BCUT2D eigenvalue weighted by Crippen LogP contribution is -2.39. The highest BCUT2D eigenvalue weighted by atomic mass is 35.5. The Kier molecular flexibility index (Phi) is 6.78. The Morgan fingerprint density at radius 2 is 1.67 bits per heavy atom. The molecule has 0 aromatic heterocycles. The Morgan fingerprint density at radius 3 is 2.19 bits per heavy atom. The predicted octanol–water partition coefficient (Wildman–Crippen LogP) is 4.38. The minimum absolute atomic E-state index is 0.235. The van der Waals surface area contributed by atoms with E-state index in [1.807, 2.05) is 6.92 Å². The van der Waals surface area contributed by atoms with Crippen LogP contribution in [0.3, 0.4) is 0 Å². The van der Waals surface area contributed by atoms with Gasteiger partial charge in [-0.05, 0) is 49.7 Å². The maximum atomic E-state index is 12.7. The Balaban J connectivity index is 2.10. The smallest absolute Gasteiger partial charge is 0.263 e. The molecule has 5 nitrogen and oxygen atoms in total. The summed E-state index contributed by atoms with van der Waals surface area (Å²) in [6.45, 7) is 3.50. The maximum absolute atomic E-state index is 12.7. The molecule has 0 saturated carbocycles. The van der Waals surface area contributed by atoms with Crippen LogP contribution < -0.4 is 4.74 Å². The van der Waals surface area contributed by atoms with Crippen molar-refractivity contribution in [2.75, 3.05) is 13.3 Å².